The van der Waals surface area contributed by atoms with Crippen molar-refractivity contribution in [2.75, 3.05) is 25.1 Å². The summed E-state index contributed by atoms with van der Waals surface area (Å²) in [6, 6.07) is 23.4. The molecule has 1 unspecified atom stereocenters. The van der Waals surface area contributed by atoms with Crippen molar-refractivity contribution >= 4 is 28.4 Å². The molecular formula is C28H27N3O3. The second kappa shape index (κ2) is 9.43. The largest absolute Gasteiger partial charge is 0.497 e. The standard InChI is InChI=1S/C28H27N3O3/c1-34-22-14-10-19(11-15-22)24(25-18-29-26-6-3-2-5-23(25)26)17-30-28(33)20-8-12-21(13-9-20)31-16-4-7-27(31)32/h2-3,5-6,8-15,18,24,29H,4,7,16-17H2,1H3,(H,30,33). The molecule has 2 amide bonds. The van der Waals surface area contributed by atoms with Crippen LogP contribution in [0.5, 0.6) is 5.75 Å². The van der Waals surface area contributed by atoms with E-state index >= 15 is 0 Å². The number of anilines is 1. The van der Waals surface area contributed by atoms with Crippen molar-refractivity contribution in [1.29, 1.82) is 0 Å². The molecule has 1 aliphatic heterocycles. The van der Waals surface area contributed by atoms with Gasteiger partial charge in [0.15, 0.2) is 0 Å². The number of nitrogens with one attached hydrogen (secondary N) is 2. The highest BCUT2D eigenvalue weighted by atomic mass is 16.5. The van der Waals surface area contributed by atoms with Gasteiger partial charge in [-0.05, 0) is 60.0 Å². The predicted molar refractivity (Wildman–Crippen MR) is 133 cm³/mol. The molecule has 1 aromatic heterocycles. The van der Waals surface area contributed by atoms with E-state index in [-0.39, 0.29) is 17.7 Å². The van der Waals surface area contributed by atoms with Crippen LogP contribution in [-0.2, 0) is 4.79 Å². The Kier molecular flexibility index (Phi) is 6.04. The molecule has 172 valence electrons. The molecule has 3 aromatic carbocycles. The van der Waals surface area contributed by atoms with E-state index in [1.54, 1.807) is 24.1 Å². The third-order valence-electron chi connectivity index (χ3n) is 6.50. The Hall–Kier alpha value is -4.06. The number of nitrogens with zero attached hydrogens (tertiary/aromatic N) is 1. The molecule has 0 aliphatic carbocycles. The maximum Gasteiger partial charge on any atom is 0.251 e. The Bertz CT molecular complexity index is 1310. The Morgan fingerprint density at radius 1 is 1.06 bits per heavy atom. The summed E-state index contributed by atoms with van der Waals surface area (Å²) < 4.78 is 5.32. The second-order valence-corrected chi connectivity index (χ2v) is 8.52. The van der Waals surface area contributed by atoms with Gasteiger partial charge in [-0.15, -0.1) is 0 Å². The number of carbonyl (C=O) groups excluding carboxylic acids is 2. The number of benzene rings is 3. The maximum atomic E-state index is 13.0. The summed E-state index contributed by atoms with van der Waals surface area (Å²) in [5.41, 5.74) is 4.70. The van der Waals surface area contributed by atoms with Crippen LogP contribution in [0.15, 0.2) is 79.0 Å². The predicted octanol–water partition coefficient (Wildman–Crippen LogP) is 4.87. The number of rotatable bonds is 7. The van der Waals surface area contributed by atoms with Crippen LogP contribution in [0.2, 0.25) is 0 Å². The highest BCUT2D eigenvalue weighted by Gasteiger charge is 2.22. The highest BCUT2D eigenvalue weighted by molar-refractivity contribution is 5.97. The van der Waals surface area contributed by atoms with Gasteiger partial charge in [0, 0.05) is 53.8 Å². The quantitative estimate of drug-likeness (QED) is 0.419. The number of carbonyl (C=O) groups is 2. The fourth-order valence-electron chi connectivity index (χ4n) is 4.64. The van der Waals surface area contributed by atoms with Crippen LogP contribution < -0.4 is 15.0 Å². The van der Waals surface area contributed by atoms with Crippen LogP contribution in [0, 0.1) is 0 Å². The molecule has 1 saturated heterocycles. The smallest absolute Gasteiger partial charge is 0.251 e. The monoisotopic (exact) mass is 453 g/mol. The third-order valence-corrected chi connectivity index (χ3v) is 6.50. The van der Waals surface area contributed by atoms with Crippen LogP contribution >= 0.6 is 0 Å². The van der Waals surface area contributed by atoms with Gasteiger partial charge in [-0.3, -0.25) is 9.59 Å². The second-order valence-electron chi connectivity index (χ2n) is 8.52. The van der Waals surface area contributed by atoms with Crippen LogP contribution in [0.3, 0.4) is 0 Å². The number of hydrogen-bond acceptors (Lipinski definition) is 3. The lowest BCUT2D eigenvalue weighted by Crippen LogP contribution is -2.29. The molecule has 1 fully saturated rings. The van der Waals surface area contributed by atoms with Gasteiger partial charge in [0.2, 0.25) is 5.91 Å². The summed E-state index contributed by atoms with van der Waals surface area (Å²) in [4.78, 5) is 30.1. The Morgan fingerprint density at radius 2 is 1.82 bits per heavy atom. The molecule has 0 saturated carbocycles. The van der Waals surface area contributed by atoms with E-state index < -0.39 is 0 Å². The summed E-state index contributed by atoms with van der Waals surface area (Å²) >= 11 is 0. The molecule has 6 nitrogen and oxygen atoms in total. The van der Waals surface area contributed by atoms with Gasteiger partial charge in [-0.25, -0.2) is 0 Å². The number of aromatic nitrogens is 1. The van der Waals surface area contributed by atoms with E-state index in [0.29, 0.717) is 18.5 Å². The summed E-state index contributed by atoms with van der Waals surface area (Å²) in [6.07, 6.45) is 3.48. The SMILES string of the molecule is COc1ccc(C(CNC(=O)c2ccc(N3CCCC3=O)cc2)c2c[nH]c3ccccc23)cc1. The molecule has 34 heavy (non-hydrogen) atoms. The first kappa shape index (κ1) is 21.8. The zero-order valence-corrected chi connectivity index (χ0v) is 19.1. The molecule has 1 aliphatic rings. The highest BCUT2D eigenvalue weighted by Crippen LogP contribution is 2.31. The van der Waals surface area contributed by atoms with Crippen LogP contribution in [0.25, 0.3) is 10.9 Å². The number of H-pyrrole nitrogens is 1. The minimum absolute atomic E-state index is 0.0347. The van der Waals surface area contributed by atoms with Crippen molar-refractivity contribution in [3.05, 3.63) is 95.7 Å². The summed E-state index contributed by atoms with van der Waals surface area (Å²) in [7, 11) is 1.65. The van der Waals surface area contributed by atoms with Crippen molar-refractivity contribution < 1.29 is 14.3 Å². The molecule has 1 atom stereocenters. The molecule has 0 radical (unpaired) electrons. The van der Waals surface area contributed by atoms with E-state index in [1.807, 2.05) is 54.7 Å². The fourth-order valence-corrected chi connectivity index (χ4v) is 4.64. The van der Waals surface area contributed by atoms with E-state index in [2.05, 4.69) is 22.4 Å². The molecule has 0 bridgehead atoms. The third kappa shape index (κ3) is 4.27. The lowest BCUT2D eigenvalue weighted by molar-refractivity contribution is -0.117. The van der Waals surface area contributed by atoms with Gasteiger partial charge in [0.1, 0.15) is 5.75 Å². The number of fused-ring (bicyclic) bond motifs is 1. The lowest BCUT2D eigenvalue weighted by Gasteiger charge is -2.19. The number of methoxy groups -OCH3 is 1. The van der Waals surface area contributed by atoms with Crippen molar-refractivity contribution in [1.82, 2.24) is 10.3 Å². The van der Waals surface area contributed by atoms with Gasteiger partial charge >= 0.3 is 0 Å². The summed E-state index contributed by atoms with van der Waals surface area (Å²) in [5, 5.41) is 4.25. The fraction of sp³-hybridized carbons (Fsp3) is 0.214. The molecule has 2 N–H and O–H groups in total. The topological polar surface area (TPSA) is 74.4 Å². The first-order valence-corrected chi connectivity index (χ1v) is 11.5. The molecule has 6 heteroatoms. The van der Waals surface area contributed by atoms with Crippen molar-refractivity contribution in [2.24, 2.45) is 0 Å². The van der Waals surface area contributed by atoms with Gasteiger partial charge < -0.3 is 19.9 Å². The number of hydrogen-bond donors (Lipinski definition) is 2. The van der Waals surface area contributed by atoms with Crippen LogP contribution in [0.4, 0.5) is 5.69 Å². The minimum atomic E-state index is -0.141. The average Bonchev–Trinajstić information content (AvgIpc) is 3.51. The maximum absolute atomic E-state index is 13.0. The summed E-state index contributed by atoms with van der Waals surface area (Å²) in [5.74, 6) is 0.755. The van der Waals surface area contributed by atoms with Crippen molar-refractivity contribution in [3.63, 3.8) is 0 Å². The van der Waals surface area contributed by atoms with E-state index in [9.17, 15) is 9.59 Å². The first-order valence-electron chi connectivity index (χ1n) is 11.5. The number of aromatic amines is 1. The minimum Gasteiger partial charge on any atom is -0.497 e. The number of ether oxygens (including phenoxy) is 1. The summed E-state index contributed by atoms with van der Waals surface area (Å²) in [6.45, 7) is 1.18. The van der Waals surface area contributed by atoms with Crippen LogP contribution in [0.1, 0.15) is 40.2 Å². The normalized spacial score (nSPS) is 14.4. The molecule has 0 spiro atoms. The Labute approximate surface area is 198 Å². The lowest BCUT2D eigenvalue weighted by atomic mass is 9.90. The zero-order chi connectivity index (χ0) is 23.5. The molecule has 5 rings (SSSR count). The molecule has 4 aromatic rings. The van der Waals surface area contributed by atoms with E-state index in [1.165, 1.54) is 0 Å². The van der Waals surface area contributed by atoms with Gasteiger partial charge in [0.25, 0.3) is 5.91 Å². The van der Waals surface area contributed by atoms with E-state index in [4.69, 9.17) is 4.74 Å². The Morgan fingerprint density at radius 3 is 2.53 bits per heavy atom. The first-order chi connectivity index (χ1) is 16.6. The van der Waals surface area contributed by atoms with Crippen LogP contribution in [-0.4, -0.2) is 37.0 Å². The van der Waals surface area contributed by atoms with Gasteiger partial charge in [0.05, 0.1) is 7.11 Å². The number of amides is 2. The average molecular weight is 454 g/mol. The van der Waals surface area contributed by atoms with E-state index in [0.717, 1.165) is 46.4 Å². The molecular weight excluding hydrogens is 426 g/mol. The van der Waals surface area contributed by atoms with Crippen molar-refractivity contribution in [2.45, 2.75) is 18.8 Å². The van der Waals surface area contributed by atoms with Gasteiger partial charge in [-0.1, -0.05) is 30.3 Å². The molecule has 2 heterocycles. The van der Waals surface area contributed by atoms with Crippen molar-refractivity contribution in [3.8, 4) is 5.75 Å². The van der Waals surface area contributed by atoms with Gasteiger partial charge in [-0.2, -0.15) is 0 Å². The zero-order valence-electron chi connectivity index (χ0n) is 19.1. The number of para-hydroxylation sites is 1. The Balaban J connectivity index is 1.37.